The van der Waals surface area contributed by atoms with Crippen LogP contribution in [0.4, 0.5) is 0 Å². The first-order valence-corrected chi connectivity index (χ1v) is 6.73. The quantitative estimate of drug-likeness (QED) is 0.786. The van der Waals surface area contributed by atoms with Gasteiger partial charge in [-0.2, -0.15) is 0 Å². The summed E-state index contributed by atoms with van der Waals surface area (Å²) in [5, 5.41) is 0. The maximum Gasteiger partial charge on any atom is 0.160 e. The van der Waals surface area contributed by atoms with Crippen molar-refractivity contribution in [2.75, 3.05) is 6.54 Å². The molecule has 0 radical (unpaired) electrons. The van der Waals surface area contributed by atoms with Crippen LogP contribution in [0.3, 0.4) is 0 Å². The molecule has 2 N–H and O–H groups in total. The fourth-order valence-electron chi connectivity index (χ4n) is 2.29. The molecule has 0 spiro atoms. The van der Waals surface area contributed by atoms with Crippen molar-refractivity contribution in [3.8, 4) is 11.4 Å². The van der Waals surface area contributed by atoms with Crippen LogP contribution in [0, 0.1) is 6.92 Å². The molecule has 0 aliphatic carbocycles. The molecule has 0 bridgehead atoms. The number of imidazole rings is 1. The van der Waals surface area contributed by atoms with E-state index in [9.17, 15) is 0 Å². The second kappa shape index (κ2) is 5.38. The summed E-state index contributed by atoms with van der Waals surface area (Å²) in [5.41, 5.74) is 9.64. The van der Waals surface area contributed by atoms with Crippen LogP contribution in [-0.4, -0.2) is 26.1 Å². The van der Waals surface area contributed by atoms with Gasteiger partial charge in [0.05, 0.1) is 0 Å². The number of rotatable bonds is 4. The van der Waals surface area contributed by atoms with Crippen molar-refractivity contribution in [3.05, 3.63) is 42.4 Å². The highest BCUT2D eigenvalue weighted by atomic mass is 15.1. The van der Waals surface area contributed by atoms with Crippen molar-refractivity contribution in [1.82, 2.24) is 19.5 Å². The van der Waals surface area contributed by atoms with E-state index in [1.165, 1.54) is 0 Å². The summed E-state index contributed by atoms with van der Waals surface area (Å²) >= 11 is 0. The summed E-state index contributed by atoms with van der Waals surface area (Å²) in [5.74, 6) is 0.925. The van der Waals surface area contributed by atoms with E-state index in [1.807, 2.05) is 25.3 Å². The molecule has 0 aliphatic heterocycles. The van der Waals surface area contributed by atoms with Crippen molar-refractivity contribution in [2.24, 2.45) is 5.73 Å². The van der Waals surface area contributed by atoms with Crippen LogP contribution < -0.4 is 5.73 Å². The minimum atomic E-state index is 0.654. The van der Waals surface area contributed by atoms with Crippen LogP contribution in [0.5, 0.6) is 0 Å². The van der Waals surface area contributed by atoms with Crippen LogP contribution in [0.1, 0.15) is 12.0 Å². The van der Waals surface area contributed by atoms with Crippen molar-refractivity contribution in [1.29, 1.82) is 0 Å². The van der Waals surface area contributed by atoms with Crippen molar-refractivity contribution in [3.63, 3.8) is 0 Å². The van der Waals surface area contributed by atoms with Gasteiger partial charge in [0, 0.05) is 30.7 Å². The molecule has 0 saturated carbocycles. The number of aromatic nitrogens is 4. The largest absolute Gasteiger partial charge is 0.330 e. The minimum Gasteiger partial charge on any atom is -0.330 e. The lowest BCUT2D eigenvalue weighted by Gasteiger charge is -2.07. The van der Waals surface area contributed by atoms with E-state index >= 15 is 0 Å². The van der Waals surface area contributed by atoms with Crippen LogP contribution in [0.25, 0.3) is 22.6 Å². The first kappa shape index (κ1) is 12.7. The third-order valence-electron chi connectivity index (χ3n) is 3.25. The van der Waals surface area contributed by atoms with Crippen molar-refractivity contribution in [2.45, 2.75) is 19.9 Å². The number of aryl methyl sites for hydroxylation is 2. The van der Waals surface area contributed by atoms with Gasteiger partial charge in [-0.05, 0) is 43.7 Å². The van der Waals surface area contributed by atoms with Gasteiger partial charge in [-0.1, -0.05) is 0 Å². The Morgan fingerprint density at radius 2 is 2.05 bits per heavy atom. The Labute approximate surface area is 117 Å². The van der Waals surface area contributed by atoms with E-state index in [0.29, 0.717) is 6.54 Å². The molecule has 3 aromatic heterocycles. The number of fused-ring (bicyclic) bond motifs is 1. The van der Waals surface area contributed by atoms with E-state index in [1.54, 1.807) is 12.4 Å². The number of hydrogen-bond donors (Lipinski definition) is 1. The maximum atomic E-state index is 5.64. The molecular weight excluding hydrogens is 250 g/mol. The molecule has 3 heterocycles. The lowest BCUT2D eigenvalue weighted by atomic mass is 10.2. The van der Waals surface area contributed by atoms with Gasteiger partial charge in [0.2, 0.25) is 0 Å². The van der Waals surface area contributed by atoms with Gasteiger partial charge >= 0.3 is 0 Å². The van der Waals surface area contributed by atoms with Gasteiger partial charge in [-0.25, -0.2) is 9.97 Å². The number of hydrogen-bond acceptors (Lipinski definition) is 4. The average Bonchev–Trinajstić information content (AvgIpc) is 2.83. The molecule has 5 nitrogen and oxygen atoms in total. The zero-order valence-corrected chi connectivity index (χ0v) is 11.5. The van der Waals surface area contributed by atoms with Gasteiger partial charge < -0.3 is 10.3 Å². The molecule has 0 unspecified atom stereocenters. The first-order valence-electron chi connectivity index (χ1n) is 6.73. The predicted octanol–water partition coefficient (Wildman–Crippen LogP) is 2.15. The molecule has 0 saturated heterocycles. The molecule has 0 fully saturated rings. The molecule has 0 atom stereocenters. The molecule has 20 heavy (non-hydrogen) atoms. The lowest BCUT2D eigenvalue weighted by Crippen LogP contribution is -2.07. The summed E-state index contributed by atoms with van der Waals surface area (Å²) in [6, 6.07) is 5.99. The van der Waals surface area contributed by atoms with Crippen LogP contribution in [0.2, 0.25) is 0 Å². The molecule has 0 amide bonds. The van der Waals surface area contributed by atoms with Crippen LogP contribution in [-0.2, 0) is 6.54 Å². The second-order valence-corrected chi connectivity index (χ2v) is 4.82. The molecule has 3 rings (SSSR count). The Morgan fingerprint density at radius 1 is 1.25 bits per heavy atom. The molecular formula is C15H17N5. The van der Waals surface area contributed by atoms with E-state index in [0.717, 1.165) is 41.1 Å². The molecule has 5 heteroatoms. The highest BCUT2D eigenvalue weighted by Crippen LogP contribution is 2.23. The predicted molar refractivity (Wildman–Crippen MR) is 79.2 cm³/mol. The Hall–Kier alpha value is -2.27. The van der Waals surface area contributed by atoms with Crippen LogP contribution >= 0.6 is 0 Å². The third-order valence-corrected chi connectivity index (χ3v) is 3.25. The zero-order valence-electron chi connectivity index (χ0n) is 11.5. The van der Waals surface area contributed by atoms with Crippen molar-refractivity contribution >= 4 is 11.2 Å². The summed E-state index contributed by atoms with van der Waals surface area (Å²) in [6.45, 7) is 3.50. The molecule has 3 aromatic rings. The normalized spacial score (nSPS) is 11.1. The molecule has 102 valence electrons. The van der Waals surface area contributed by atoms with Gasteiger partial charge in [0.15, 0.2) is 5.65 Å². The van der Waals surface area contributed by atoms with E-state index in [2.05, 4.69) is 20.6 Å². The monoisotopic (exact) mass is 267 g/mol. The van der Waals surface area contributed by atoms with Crippen LogP contribution in [0.15, 0.2) is 36.8 Å². The Bertz CT molecular complexity index is 718. The smallest absolute Gasteiger partial charge is 0.160 e. The van der Waals surface area contributed by atoms with E-state index in [-0.39, 0.29) is 0 Å². The van der Waals surface area contributed by atoms with Gasteiger partial charge in [0.1, 0.15) is 11.3 Å². The topological polar surface area (TPSA) is 69.6 Å². The fourth-order valence-corrected chi connectivity index (χ4v) is 2.29. The standard InChI is InChI=1S/C15H17N5/c1-11-9-13-15(18-10-11)20(8-2-5-16)14(19-13)12-3-6-17-7-4-12/h3-4,6-7,9-10H,2,5,8,16H2,1H3. The summed E-state index contributed by atoms with van der Waals surface area (Å²) in [6.07, 6.45) is 6.33. The lowest BCUT2D eigenvalue weighted by molar-refractivity contribution is 0.667. The van der Waals surface area contributed by atoms with Crippen molar-refractivity contribution < 1.29 is 0 Å². The van der Waals surface area contributed by atoms with E-state index in [4.69, 9.17) is 10.7 Å². The fraction of sp³-hybridized carbons (Fsp3) is 0.267. The third kappa shape index (κ3) is 2.28. The molecule has 0 aromatic carbocycles. The highest BCUT2D eigenvalue weighted by molar-refractivity contribution is 5.77. The summed E-state index contributed by atoms with van der Waals surface area (Å²) in [4.78, 5) is 13.3. The number of nitrogens with two attached hydrogens (primary N) is 1. The van der Waals surface area contributed by atoms with Gasteiger partial charge in [0.25, 0.3) is 0 Å². The first-order chi connectivity index (χ1) is 9.79. The summed E-state index contributed by atoms with van der Waals surface area (Å²) < 4.78 is 2.14. The number of nitrogens with zero attached hydrogens (tertiary/aromatic N) is 4. The highest BCUT2D eigenvalue weighted by Gasteiger charge is 2.13. The maximum absolute atomic E-state index is 5.64. The Morgan fingerprint density at radius 3 is 2.80 bits per heavy atom. The van der Waals surface area contributed by atoms with Gasteiger partial charge in [-0.15, -0.1) is 0 Å². The SMILES string of the molecule is Cc1cnc2c(c1)nc(-c1ccncc1)n2CCCN. The second-order valence-electron chi connectivity index (χ2n) is 4.82. The Balaban J connectivity index is 2.19. The van der Waals surface area contributed by atoms with Gasteiger partial charge in [-0.3, -0.25) is 4.98 Å². The summed E-state index contributed by atoms with van der Waals surface area (Å²) in [7, 11) is 0. The molecule has 0 aliphatic rings. The Kier molecular flexibility index (Phi) is 3.43. The zero-order chi connectivity index (χ0) is 13.9. The van der Waals surface area contributed by atoms with E-state index < -0.39 is 0 Å². The minimum absolute atomic E-state index is 0.654. The number of pyridine rings is 2. The average molecular weight is 267 g/mol.